The number of likely N-dealkylation sites (N-methyl/N-ethyl adjacent to an activating group) is 1. The summed E-state index contributed by atoms with van der Waals surface area (Å²) in [6.07, 6.45) is 11.0. The zero-order valence-corrected chi connectivity index (χ0v) is 20.3. The average Bonchev–Trinajstić information content (AvgIpc) is 3.61. The zero-order chi connectivity index (χ0) is 24.7. The van der Waals surface area contributed by atoms with Crippen molar-refractivity contribution in [3.63, 3.8) is 0 Å². The lowest BCUT2D eigenvalue weighted by Gasteiger charge is -2.17. The highest BCUT2D eigenvalue weighted by Crippen LogP contribution is 2.42. The Labute approximate surface area is 203 Å². The van der Waals surface area contributed by atoms with E-state index >= 15 is 0 Å². The monoisotopic (exact) mass is 465 g/mol. The first-order valence-electron chi connectivity index (χ1n) is 11.4. The van der Waals surface area contributed by atoms with Crippen LogP contribution in [0.3, 0.4) is 0 Å². The molecule has 5 aromatic rings. The van der Waals surface area contributed by atoms with Gasteiger partial charge in [-0.2, -0.15) is 10.2 Å². The lowest BCUT2D eigenvalue weighted by molar-refractivity contribution is -0.113. The van der Waals surface area contributed by atoms with E-state index in [1.54, 1.807) is 16.6 Å². The lowest BCUT2D eigenvalue weighted by atomic mass is 9.95. The van der Waals surface area contributed by atoms with Crippen molar-refractivity contribution in [2.24, 2.45) is 7.05 Å². The Balaban J connectivity index is 1.78. The number of carbonyl (C=O) groups excluding carboxylic acids is 1. The van der Waals surface area contributed by atoms with Crippen molar-refractivity contribution in [1.29, 1.82) is 0 Å². The van der Waals surface area contributed by atoms with Crippen LogP contribution >= 0.6 is 0 Å². The second kappa shape index (κ2) is 8.72. The van der Waals surface area contributed by atoms with Gasteiger partial charge in [0.1, 0.15) is 5.65 Å². The van der Waals surface area contributed by atoms with E-state index in [1.165, 1.54) is 6.08 Å². The maximum atomic E-state index is 12.3. The smallest absolute Gasteiger partial charge is 0.250 e. The van der Waals surface area contributed by atoms with Crippen molar-refractivity contribution >= 4 is 22.6 Å². The van der Waals surface area contributed by atoms with Crippen molar-refractivity contribution in [2.45, 2.75) is 20.4 Å². The van der Waals surface area contributed by atoms with Crippen LogP contribution in [0.2, 0.25) is 0 Å². The first-order chi connectivity index (χ1) is 16.9. The molecule has 4 heterocycles. The van der Waals surface area contributed by atoms with E-state index in [0.717, 1.165) is 62.3 Å². The molecule has 5 rings (SSSR count). The van der Waals surface area contributed by atoms with Crippen LogP contribution < -0.4 is 4.90 Å². The number of fused-ring (bicyclic) bond motifs is 1. The number of aromatic nitrogens is 6. The van der Waals surface area contributed by atoms with Crippen molar-refractivity contribution in [2.75, 3.05) is 11.9 Å². The molecule has 0 saturated carbocycles. The quantitative estimate of drug-likeness (QED) is 0.359. The summed E-state index contributed by atoms with van der Waals surface area (Å²) in [4.78, 5) is 22.2. The summed E-state index contributed by atoms with van der Waals surface area (Å²) in [6.45, 7) is 8.60. The molecule has 0 radical (unpaired) electrons. The fourth-order valence-corrected chi connectivity index (χ4v) is 4.47. The van der Waals surface area contributed by atoms with Crippen molar-refractivity contribution < 1.29 is 4.79 Å². The first kappa shape index (κ1) is 22.3. The summed E-state index contributed by atoms with van der Waals surface area (Å²) < 4.78 is 3.69. The van der Waals surface area contributed by atoms with E-state index in [2.05, 4.69) is 41.7 Å². The molecule has 8 nitrogen and oxygen atoms in total. The molecule has 0 unspecified atom stereocenters. The Hall–Kier alpha value is -4.46. The van der Waals surface area contributed by atoms with Crippen LogP contribution in [0.1, 0.15) is 12.5 Å². The van der Waals surface area contributed by atoms with E-state index in [4.69, 9.17) is 4.98 Å². The molecule has 1 N–H and O–H groups in total. The van der Waals surface area contributed by atoms with E-state index in [0.29, 0.717) is 0 Å². The number of rotatable bonds is 6. The highest BCUT2D eigenvalue weighted by molar-refractivity contribution is 6.07. The number of aromatic amines is 1. The van der Waals surface area contributed by atoms with Crippen LogP contribution in [0.25, 0.3) is 44.5 Å². The van der Waals surface area contributed by atoms with Gasteiger partial charge in [0.15, 0.2) is 0 Å². The number of anilines is 1. The molecule has 0 atom stereocenters. The summed E-state index contributed by atoms with van der Waals surface area (Å²) in [5.41, 5.74) is 8.62. The Bertz CT molecular complexity index is 1570. The van der Waals surface area contributed by atoms with Gasteiger partial charge in [-0.05, 0) is 43.2 Å². The molecule has 35 heavy (non-hydrogen) atoms. The van der Waals surface area contributed by atoms with Gasteiger partial charge in [0.05, 0.1) is 18.1 Å². The number of hydrogen-bond acceptors (Lipinski definition) is 4. The lowest BCUT2D eigenvalue weighted by Crippen LogP contribution is -2.23. The van der Waals surface area contributed by atoms with E-state index < -0.39 is 0 Å². The summed E-state index contributed by atoms with van der Waals surface area (Å²) in [7, 11) is 3.64. The van der Waals surface area contributed by atoms with Gasteiger partial charge in [-0.3, -0.25) is 14.2 Å². The highest BCUT2D eigenvalue weighted by Gasteiger charge is 2.21. The molecule has 0 aliphatic heterocycles. The third-order valence-electron chi connectivity index (χ3n) is 6.37. The van der Waals surface area contributed by atoms with Crippen LogP contribution in [-0.4, -0.2) is 42.5 Å². The SMILES string of the molecule is C=CC(=O)N(C)c1cccc(-c2c(-c3cnn(C)c3)[nH]c3ncc(-c4cnn(CC)c4)c(C)c23)c1. The molecule has 0 aliphatic rings. The molecule has 1 amide bonds. The third kappa shape index (κ3) is 3.82. The van der Waals surface area contributed by atoms with Crippen LogP contribution in [0.15, 0.2) is 67.9 Å². The zero-order valence-electron chi connectivity index (χ0n) is 20.3. The number of aryl methyl sites for hydroxylation is 3. The number of hydrogen-bond donors (Lipinski definition) is 1. The van der Waals surface area contributed by atoms with Crippen molar-refractivity contribution in [3.8, 4) is 33.5 Å². The summed E-state index contributed by atoms with van der Waals surface area (Å²) in [5.74, 6) is -0.165. The number of benzene rings is 1. The van der Waals surface area contributed by atoms with Gasteiger partial charge in [0, 0.05) is 72.6 Å². The molecule has 0 saturated heterocycles. The summed E-state index contributed by atoms with van der Waals surface area (Å²) in [6, 6.07) is 7.95. The average molecular weight is 466 g/mol. The number of H-pyrrole nitrogens is 1. The Morgan fingerprint density at radius 3 is 2.63 bits per heavy atom. The fraction of sp³-hybridized carbons (Fsp3) is 0.185. The van der Waals surface area contributed by atoms with Crippen LogP contribution in [-0.2, 0) is 18.4 Å². The first-order valence-corrected chi connectivity index (χ1v) is 11.4. The Kier molecular flexibility index (Phi) is 5.56. The third-order valence-corrected chi connectivity index (χ3v) is 6.37. The van der Waals surface area contributed by atoms with E-state index in [9.17, 15) is 4.79 Å². The minimum Gasteiger partial charge on any atom is -0.339 e. The van der Waals surface area contributed by atoms with Gasteiger partial charge in [-0.1, -0.05) is 18.7 Å². The predicted molar refractivity (Wildman–Crippen MR) is 139 cm³/mol. The molecule has 1 aromatic carbocycles. The van der Waals surface area contributed by atoms with Gasteiger partial charge < -0.3 is 9.88 Å². The molecule has 0 aliphatic carbocycles. The Morgan fingerprint density at radius 1 is 1.14 bits per heavy atom. The van der Waals surface area contributed by atoms with Crippen molar-refractivity contribution in [3.05, 3.63) is 73.5 Å². The molecule has 0 fully saturated rings. The van der Waals surface area contributed by atoms with E-state index in [-0.39, 0.29) is 5.91 Å². The van der Waals surface area contributed by atoms with Gasteiger partial charge in [0.2, 0.25) is 5.91 Å². The summed E-state index contributed by atoms with van der Waals surface area (Å²) >= 11 is 0. The fourth-order valence-electron chi connectivity index (χ4n) is 4.47. The van der Waals surface area contributed by atoms with Crippen molar-refractivity contribution in [1.82, 2.24) is 29.5 Å². The highest BCUT2D eigenvalue weighted by atomic mass is 16.2. The molecular weight excluding hydrogens is 438 g/mol. The second-order valence-corrected chi connectivity index (χ2v) is 8.53. The van der Waals surface area contributed by atoms with Crippen LogP contribution in [0, 0.1) is 6.92 Å². The van der Waals surface area contributed by atoms with E-state index in [1.807, 2.05) is 60.9 Å². The number of pyridine rings is 1. The second-order valence-electron chi connectivity index (χ2n) is 8.53. The van der Waals surface area contributed by atoms with Crippen LogP contribution in [0.4, 0.5) is 5.69 Å². The molecule has 8 heteroatoms. The number of carbonyl (C=O) groups is 1. The number of nitrogens with one attached hydrogen (secondary N) is 1. The number of amides is 1. The normalized spacial score (nSPS) is 11.2. The minimum absolute atomic E-state index is 0.165. The maximum absolute atomic E-state index is 12.3. The molecule has 0 bridgehead atoms. The maximum Gasteiger partial charge on any atom is 0.250 e. The van der Waals surface area contributed by atoms with Crippen LogP contribution in [0.5, 0.6) is 0 Å². The van der Waals surface area contributed by atoms with Gasteiger partial charge in [-0.25, -0.2) is 4.98 Å². The predicted octanol–water partition coefficient (Wildman–Crippen LogP) is 4.97. The van der Waals surface area contributed by atoms with Gasteiger partial charge >= 0.3 is 0 Å². The molecule has 4 aromatic heterocycles. The molecule has 0 spiro atoms. The topological polar surface area (TPSA) is 84.6 Å². The molecular formula is C27H27N7O. The standard InChI is InChI=1S/C27H27N7O/c1-6-23(35)33(5)21-10-8-9-18(11-21)25-24-17(3)22(19-12-30-34(7-2)16-19)14-28-27(24)31-26(25)20-13-29-32(4)15-20/h6,8-16H,1,7H2,2-5H3,(H,28,31). The van der Waals surface area contributed by atoms with Gasteiger partial charge in [0.25, 0.3) is 0 Å². The minimum atomic E-state index is -0.165. The molecule has 176 valence electrons. The number of nitrogens with zero attached hydrogens (tertiary/aromatic N) is 6. The summed E-state index contributed by atoms with van der Waals surface area (Å²) in [5, 5.41) is 9.86. The largest absolute Gasteiger partial charge is 0.339 e. The van der Waals surface area contributed by atoms with Gasteiger partial charge in [-0.15, -0.1) is 0 Å². The Morgan fingerprint density at radius 2 is 1.94 bits per heavy atom.